The summed E-state index contributed by atoms with van der Waals surface area (Å²) in [6, 6.07) is 7.66. The van der Waals surface area contributed by atoms with Crippen molar-refractivity contribution in [1.82, 2.24) is 14.9 Å². The van der Waals surface area contributed by atoms with Crippen LogP contribution in [0, 0.1) is 0 Å². The van der Waals surface area contributed by atoms with Crippen molar-refractivity contribution in [2.24, 2.45) is 0 Å². The van der Waals surface area contributed by atoms with E-state index >= 15 is 0 Å². The first-order valence-corrected chi connectivity index (χ1v) is 10.8. The Bertz CT molecular complexity index is 869. The molecule has 146 valence electrons. The van der Waals surface area contributed by atoms with E-state index in [1.165, 1.54) is 18.2 Å². The van der Waals surface area contributed by atoms with Gasteiger partial charge < -0.3 is 5.32 Å². The van der Waals surface area contributed by atoms with Gasteiger partial charge in [0, 0.05) is 11.6 Å². The Balaban J connectivity index is 1.90. The number of rotatable bonds is 6. The molecule has 6 heteroatoms. The Kier molecular flexibility index (Phi) is 6.25. The van der Waals surface area contributed by atoms with E-state index in [9.17, 15) is 9.59 Å². The number of para-hydroxylation sites is 1. The molecule has 3 rings (SSSR count). The fourth-order valence-corrected chi connectivity index (χ4v) is 4.39. The van der Waals surface area contributed by atoms with Crippen LogP contribution in [-0.2, 0) is 4.79 Å². The van der Waals surface area contributed by atoms with Crippen molar-refractivity contribution in [3.63, 3.8) is 0 Å². The largest absolute Gasteiger partial charge is 0.351 e. The van der Waals surface area contributed by atoms with Crippen molar-refractivity contribution in [2.45, 2.75) is 76.0 Å². The zero-order valence-corrected chi connectivity index (χ0v) is 17.3. The van der Waals surface area contributed by atoms with Gasteiger partial charge in [0.15, 0.2) is 5.16 Å². The topological polar surface area (TPSA) is 64.0 Å². The van der Waals surface area contributed by atoms with E-state index in [0.29, 0.717) is 16.1 Å². The summed E-state index contributed by atoms with van der Waals surface area (Å²) in [5.74, 6) is 0.241. The van der Waals surface area contributed by atoms with Crippen LogP contribution in [0.2, 0.25) is 0 Å². The first kappa shape index (κ1) is 19.9. The number of amides is 1. The molecule has 0 spiro atoms. The zero-order valence-electron chi connectivity index (χ0n) is 16.5. The zero-order chi connectivity index (χ0) is 19.4. The number of hydrogen-bond donors (Lipinski definition) is 1. The van der Waals surface area contributed by atoms with Crippen LogP contribution in [-0.4, -0.2) is 26.8 Å². The third kappa shape index (κ3) is 4.72. The van der Waals surface area contributed by atoms with Gasteiger partial charge in [0.25, 0.3) is 5.56 Å². The molecular weight excluding hydrogens is 358 g/mol. The third-order valence-electron chi connectivity index (χ3n) is 5.41. The quantitative estimate of drug-likeness (QED) is 0.593. The van der Waals surface area contributed by atoms with Gasteiger partial charge in [-0.2, -0.15) is 0 Å². The average molecular weight is 388 g/mol. The van der Waals surface area contributed by atoms with Crippen LogP contribution < -0.4 is 10.9 Å². The predicted molar refractivity (Wildman–Crippen MR) is 111 cm³/mol. The van der Waals surface area contributed by atoms with Crippen molar-refractivity contribution >= 4 is 28.6 Å². The Morgan fingerprint density at radius 1 is 1.26 bits per heavy atom. The smallest absolute Gasteiger partial charge is 0.262 e. The number of benzene rings is 1. The molecule has 1 heterocycles. The highest BCUT2D eigenvalue weighted by Crippen LogP contribution is 2.31. The van der Waals surface area contributed by atoms with E-state index in [2.05, 4.69) is 12.2 Å². The molecule has 0 radical (unpaired) electrons. The molecular formula is C21H29N3O2S. The summed E-state index contributed by atoms with van der Waals surface area (Å²) in [5, 5.41) is 4.37. The fraction of sp³-hybridized carbons (Fsp3) is 0.571. The second kappa shape index (κ2) is 8.46. The van der Waals surface area contributed by atoms with Crippen LogP contribution in [0.1, 0.15) is 65.3 Å². The Morgan fingerprint density at radius 2 is 1.96 bits per heavy atom. The summed E-state index contributed by atoms with van der Waals surface area (Å²) < 4.78 is 1.85. The Hall–Kier alpha value is -1.82. The lowest BCUT2D eigenvalue weighted by Gasteiger charge is -2.27. The third-order valence-corrected chi connectivity index (χ3v) is 6.36. The molecule has 1 aromatic heterocycles. The molecule has 1 N–H and O–H groups in total. The molecule has 0 saturated heterocycles. The lowest BCUT2D eigenvalue weighted by molar-refractivity contribution is -0.120. The molecule has 27 heavy (non-hydrogen) atoms. The van der Waals surface area contributed by atoms with Gasteiger partial charge in [0.05, 0.1) is 16.7 Å². The average Bonchev–Trinajstić information content (AvgIpc) is 2.67. The highest BCUT2D eigenvalue weighted by molar-refractivity contribution is 7.99. The van der Waals surface area contributed by atoms with E-state index < -0.39 is 0 Å². The molecule has 1 fully saturated rings. The van der Waals surface area contributed by atoms with Gasteiger partial charge in [-0.05, 0) is 45.2 Å². The summed E-state index contributed by atoms with van der Waals surface area (Å²) in [6.45, 7) is 6.09. The molecule has 0 atom stereocenters. The maximum Gasteiger partial charge on any atom is 0.262 e. The van der Waals surface area contributed by atoms with Crippen molar-refractivity contribution in [2.75, 3.05) is 5.75 Å². The first-order valence-electron chi connectivity index (χ1n) is 9.86. The number of carbonyl (C=O) groups excluding carboxylic acids is 1. The van der Waals surface area contributed by atoms with Crippen molar-refractivity contribution in [1.29, 1.82) is 0 Å². The second-order valence-corrected chi connectivity index (χ2v) is 8.90. The first-order chi connectivity index (χ1) is 12.9. The van der Waals surface area contributed by atoms with Crippen LogP contribution >= 0.6 is 11.8 Å². The maximum atomic E-state index is 13.2. The fourth-order valence-electron chi connectivity index (χ4n) is 3.52. The lowest BCUT2D eigenvalue weighted by atomic mass is 9.95. The standard InChI is InChI=1S/C21H29N3O2S/c1-4-21(2,3)23-18(25)14-27-20-22-17-13-9-8-12-16(17)19(26)24(20)15-10-6-5-7-11-15/h8-9,12-13,15H,4-7,10-11,14H2,1-3H3,(H,23,25). The van der Waals surface area contributed by atoms with Crippen LogP contribution in [0.15, 0.2) is 34.2 Å². The van der Waals surface area contributed by atoms with Gasteiger partial charge in [-0.25, -0.2) is 4.98 Å². The van der Waals surface area contributed by atoms with Gasteiger partial charge >= 0.3 is 0 Å². The molecule has 5 nitrogen and oxygen atoms in total. The highest BCUT2D eigenvalue weighted by Gasteiger charge is 2.23. The van der Waals surface area contributed by atoms with E-state index in [1.54, 1.807) is 0 Å². The number of fused-ring (bicyclic) bond motifs is 1. The minimum Gasteiger partial charge on any atom is -0.351 e. The summed E-state index contributed by atoms with van der Waals surface area (Å²) in [7, 11) is 0. The molecule has 1 aromatic carbocycles. The number of carbonyl (C=O) groups is 1. The van der Waals surface area contributed by atoms with E-state index in [0.717, 1.165) is 32.1 Å². The molecule has 0 unspecified atom stereocenters. The van der Waals surface area contributed by atoms with Crippen LogP contribution in [0.5, 0.6) is 0 Å². The van der Waals surface area contributed by atoms with Gasteiger partial charge in [-0.3, -0.25) is 14.2 Å². The lowest BCUT2D eigenvalue weighted by Crippen LogP contribution is -2.43. The van der Waals surface area contributed by atoms with Crippen molar-refractivity contribution < 1.29 is 4.79 Å². The normalized spacial score (nSPS) is 15.8. The van der Waals surface area contributed by atoms with Gasteiger partial charge in [0.2, 0.25) is 5.91 Å². The Morgan fingerprint density at radius 3 is 2.67 bits per heavy atom. The van der Waals surface area contributed by atoms with Crippen LogP contribution in [0.25, 0.3) is 10.9 Å². The van der Waals surface area contributed by atoms with Crippen LogP contribution in [0.4, 0.5) is 0 Å². The maximum absolute atomic E-state index is 13.2. The number of nitrogens with zero attached hydrogens (tertiary/aromatic N) is 2. The van der Waals surface area contributed by atoms with Gasteiger partial charge in [-0.15, -0.1) is 0 Å². The van der Waals surface area contributed by atoms with Gasteiger partial charge in [0.1, 0.15) is 0 Å². The molecule has 1 amide bonds. The molecule has 1 saturated carbocycles. The minimum atomic E-state index is -0.225. The summed E-state index contributed by atoms with van der Waals surface area (Å²) in [6.07, 6.45) is 6.37. The molecule has 2 aromatic rings. The monoisotopic (exact) mass is 387 g/mol. The number of hydrogen-bond acceptors (Lipinski definition) is 4. The van der Waals surface area contributed by atoms with Gasteiger partial charge in [-0.1, -0.05) is 50.1 Å². The Labute approximate surface area is 164 Å². The molecule has 1 aliphatic rings. The molecule has 0 bridgehead atoms. The summed E-state index contributed by atoms with van der Waals surface area (Å²) >= 11 is 1.37. The van der Waals surface area contributed by atoms with Crippen LogP contribution in [0.3, 0.4) is 0 Å². The minimum absolute atomic E-state index is 0.0179. The number of aromatic nitrogens is 2. The summed E-state index contributed by atoms with van der Waals surface area (Å²) in [5.41, 5.74) is 0.493. The number of thioether (sulfide) groups is 1. The molecule has 1 aliphatic carbocycles. The second-order valence-electron chi connectivity index (χ2n) is 7.95. The predicted octanol–water partition coefficient (Wildman–Crippen LogP) is 4.30. The van der Waals surface area contributed by atoms with E-state index in [4.69, 9.17) is 4.98 Å². The van der Waals surface area contributed by atoms with Crippen molar-refractivity contribution in [3.05, 3.63) is 34.6 Å². The van der Waals surface area contributed by atoms with Crippen molar-refractivity contribution in [3.8, 4) is 0 Å². The SMILES string of the molecule is CCC(C)(C)NC(=O)CSc1nc2ccccc2c(=O)n1C1CCCCC1. The molecule has 0 aliphatic heterocycles. The van der Waals surface area contributed by atoms with E-state index in [-0.39, 0.29) is 28.8 Å². The number of nitrogens with one attached hydrogen (secondary N) is 1. The highest BCUT2D eigenvalue weighted by atomic mass is 32.2. The summed E-state index contributed by atoms with van der Waals surface area (Å²) in [4.78, 5) is 30.3. The van der Waals surface area contributed by atoms with E-state index in [1.807, 2.05) is 42.7 Å².